The fourth-order valence-electron chi connectivity index (χ4n) is 4.54. The Morgan fingerprint density at radius 2 is 1.38 bits per heavy atom. The van der Waals surface area contributed by atoms with E-state index in [0.29, 0.717) is 44.0 Å². The van der Waals surface area contributed by atoms with Crippen molar-refractivity contribution in [2.24, 2.45) is 5.92 Å². The van der Waals surface area contributed by atoms with Crippen molar-refractivity contribution < 1.29 is 31.1 Å². The van der Waals surface area contributed by atoms with Crippen LogP contribution in [0.5, 0.6) is 11.5 Å². The molecule has 4 rings (SSSR count). The summed E-state index contributed by atoms with van der Waals surface area (Å²) < 4.78 is 64.9. The van der Waals surface area contributed by atoms with Crippen LogP contribution in [0.2, 0.25) is 0 Å². The van der Waals surface area contributed by atoms with E-state index in [9.17, 15) is 21.6 Å². The first kappa shape index (κ1) is 27.4. The maximum absolute atomic E-state index is 13.0. The molecule has 2 aromatic carbocycles. The molecule has 12 heteroatoms. The molecule has 37 heavy (non-hydrogen) atoms. The zero-order chi connectivity index (χ0) is 26.5. The number of ether oxygens (including phenoxy) is 2. The highest BCUT2D eigenvalue weighted by atomic mass is 32.2. The molecule has 0 aromatic heterocycles. The Bertz CT molecular complexity index is 1270. The minimum Gasteiger partial charge on any atom is -0.497 e. The molecule has 2 aromatic rings. The summed E-state index contributed by atoms with van der Waals surface area (Å²) in [6, 6.07) is 12.5. The lowest BCUT2D eigenvalue weighted by molar-refractivity contribution is -0.126. The number of benzene rings is 2. The Balaban J connectivity index is 1.25. The number of sulfonamides is 2. The van der Waals surface area contributed by atoms with Gasteiger partial charge in [-0.2, -0.15) is 8.61 Å². The van der Waals surface area contributed by atoms with E-state index in [2.05, 4.69) is 5.32 Å². The molecule has 2 heterocycles. The van der Waals surface area contributed by atoms with Crippen molar-refractivity contribution in [3.8, 4) is 11.5 Å². The quantitative estimate of drug-likeness (QED) is 0.449. The summed E-state index contributed by atoms with van der Waals surface area (Å²) in [6.07, 6.45) is 2.96. The van der Waals surface area contributed by atoms with Crippen LogP contribution < -0.4 is 14.8 Å². The van der Waals surface area contributed by atoms with Gasteiger partial charge in [-0.3, -0.25) is 4.79 Å². The number of carbonyl (C=O) groups is 1. The molecular weight excluding hydrogens is 518 g/mol. The van der Waals surface area contributed by atoms with Crippen LogP contribution in [0.3, 0.4) is 0 Å². The summed E-state index contributed by atoms with van der Waals surface area (Å²) in [4.78, 5) is 13.1. The first-order valence-electron chi connectivity index (χ1n) is 12.4. The highest BCUT2D eigenvalue weighted by Crippen LogP contribution is 2.26. The summed E-state index contributed by atoms with van der Waals surface area (Å²) in [5, 5.41) is 2.82. The van der Waals surface area contributed by atoms with E-state index in [1.165, 1.54) is 40.0 Å². The summed E-state index contributed by atoms with van der Waals surface area (Å²) >= 11 is 0. The molecule has 1 amide bonds. The van der Waals surface area contributed by atoms with Gasteiger partial charge in [-0.15, -0.1) is 0 Å². The van der Waals surface area contributed by atoms with Crippen molar-refractivity contribution in [2.45, 2.75) is 35.5 Å². The molecule has 2 saturated heterocycles. The molecule has 10 nitrogen and oxygen atoms in total. The van der Waals surface area contributed by atoms with E-state index < -0.39 is 26.0 Å². The van der Waals surface area contributed by atoms with E-state index in [1.54, 1.807) is 24.3 Å². The van der Waals surface area contributed by atoms with Crippen molar-refractivity contribution >= 4 is 26.0 Å². The van der Waals surface area contributed by atoms with Crippen LogP contribution in [0.15, 0.2) is 58.3 Å². The van der Waals surface area contributed by atoms with Crippen LogP contribution in [0.4, 0.5) is 0 Å². The number of nitrogens with zero attached hydrogens (tertiary/aromatic N) is 2. The SMILES string of the molecule is COc1ccc(S(=O)(=O)N2CCC[C@H](C(=O)NCCOc3ccc(S(=O)(=O)N4CCCC4)cc3)C2)cc1. The molecule has 1 atom stereocenters. The molecule has 2 fully saturated rings. The minimum atomic E-state index is -3.71. The Morgan fingerprint density at radius 1 is 0.838 bits per heavy atom. The predicted molar refractivity (Wildman–Crippen MR) is 137 cm³/mol. The van der Waals surface area contributed by atoms with Gasteiger partial charge in [-0.05, 0) is 74.2 Å². The summed E-state index contributed by atoms with van der Waals surface area (Å²) in [7, 11) is -5.66. The zero-order valence-electron chi connectivity index (χ0n) is 20.8. The summed E-state index contributed by atoms with van der Waals surface area (Å²) in [6.45, 7) is 2.02. The van der Waals surface area contributed by atoms with Crippen molar-refractivity contribution in [3.05, 3.63) is 48.5 Å². The Labute approximate surface area is 218 Å². The zero-order valence-corrected chi connectivity index (χ0v) is 22.5. The standard InChI is InChI=1S/C25H33N3O7S2/c1-34-21-6-10-24(11-7-21)37(32,33)28-17-4-5-20(19-28)25(29)26-14-18-35-22-8-12-23(13-9-22)36(30,31)27-15-2-3-16-27/h6-13,20H,2-5,14-19H2,1H3,(H,26,29)/t20-/m0/s1. The number of hydrogen-bond acceptors (Lipinski definition) is 7. The van der Waals surface area contributed by atoms with Gasteiger partial charge in [0.2, 0.25) is 26.0 Å². The fourth-order valence-corrected chi connectivity index (χ4v) is 7.59. The molecule has 0 bridgehead atoms. The van der Waals surface area contributed by atoms with E-state index in [4.69, 9.17) is 9.47 Å². The third kappa shape index (κ3) is 6.43. The van der Waals surface area contributed by atoms with Gasteiger partial charge in [-0.1, -0.05) is 0 Å². The number of piperidine rings is 1. The Hall–Kier alpha value is -2.67. The maximum Gasteiger partial charge on any atom is 0.243 e. The van der Waals surface area contributed by atoms with E-state index >= 15 is 0 Å². The minimum absolute atomic E-state index is 0.119. The second kappa shape index (κ2) is 11.8. The smallest absolute Gasteiger partial charge is 0.243 e. The fraction of sp³-hybridized carbons (Fsp3) is 0.480. The van der Waals surface area contributed by atoms with Gasteiger partial charge in [-0.25, -0.2) is 16.8 Å². The van der Waals surface area contributed by atoms with Crippen molar-refractivity contribution in [2.75, 3.05) is 46.4 Å². The van der Waals surface area contributed by atoms with E-state index in [1.807, 2.05) is 0 Å². The highest BCUT2D eigenvalue weighted by molar-refractivity contribution is 7.89. The lowest BCUT2D eigenvalue weighted by Crippen LogP contribution is -2.45. The molecular formula is C25H33N3O7S2. The van der Waals surface area contributed by atoms with Crippen LogP contribution in [-0.2, 0) is 24.8 Å². The van der Waals surface area contributed by atoms with Crippen molar-refractivity contribution in [3.63, 3.8) is 0 Å². The molecule has 0 saturated carbocycles. The van der Waals surface area contributed by atoms with Gasteiger partial charge in [0.05, 0.1) is 29.4 Å². The first-order chi connectivity index (χ1) is 17.7. The van der Waals surface area contributed by atoms with Crippen molar-refractivity contribution in [1.29, 1.82) is 0 Å². The molecule has 2 aliphatic heterocycles. The lowest BCUT2D eigenvalue weighted by atomic mass is 9.99. The molecule has 1 N–H and O–H groups in total. The van der Waals surface area contributed by atoms with Gasteiger partial charge < -0.3 is 14.8 Å². The third-order valence-corrected chi connectivity index (χ3v) is 10.4. The van der Waals surface area contributed by atoms with Gasteiger partial charge in [0.25, 0.3) is 0 Å². The van der Waals surface area contributed by atoms with Crippen LogP contribution in [-0.4, -0.2) is 77.8 Å². The largest absolute Gasteiger partial charge is 0.497 e. The molecule has 0 unspecified atom stereocenters. The molecule has 0 aliphatic carbocycles. The summed E-state index contributed by atoms with van der Waals surface area (Å²) in [5.74, 6) is 0.409. The van der Waals surface area contributed by atoms with E-state index in [-0.39, 0.29) is 35.4 Å². The van der Waals surface area contributed by atoms with Gasteiger partial charge in [0.15, 0.2) is 0 Å². The average molecular weight is 552 g/mol. The van der Waals surface area contributed by atoms with E-state index in [0.717, 1.165) is 12.8 Å². The Kier molecular flexibility index (Phi) is 8.73. The third-order valence-electron chi connectivity index (χ3n) is 6.65. The van der Waals surface area contributed by atoms with Gasteiger partial charge in [0, 0.05) is 26.2 Å². The van der Waals surface area contributed by atoms with Crippen LogP contribution in [0, 0.1) is 5.92 Å². The number of rotatable bonds is 10. The van der Waals surface area contributed by atoms with Crippen LogP contribution >= 0.6 is 0 Å². The number of carbonyl (C=O) groups excluding carboxylic acids is 1. The topological polar surface area (TPSA) is 122 Å². The number of nitrogens with one attached hydrogen (secondary N) is 1. The maximum atomic E-state index is 13.0. The van der Waals surface area contributed by atoms with Gasteiger partial charge >= 0.3 is 0 Å². The summed E-state index contributed by atoms with van der Waals surface area (Å²) in [5.41, 5.74) is 0. The van der Waals surface area contributed by atoms with Crippen LogP contribution in [0.25, 0.3) is 0 Å². The second-order valence-electron chi connectivity index (χ2n) is 9.10. The number of methoxy groups -OCH3 is 1. The molecule has 202 valence electrons. The number of hydrogen-bond donors (Lipinski definition) is 1. The normalized spacial score (nSPS) is 19.4. The van der Waals surface area contributed by atoms with Crippen molar-refractivity contribution in [1.82, 2.24) is 13.9 Å². The molecule has 0 radical (unpaired) electrons. The first-order valence-corrected chi connectivity index (χ1v) is 15.2. The predicted octanol–water partition coefficient (Wildman–Crippen LogP) is 2.08. The second-order valence-corrected chi connectivity index (χ2v) is 13.0. The monoisotopic (exact) mass is 551 g/mol. The molecule has 0 spiro atoms. The van der Waals surface area contributed by atoms with Crippen LogP contribution in [0.1, 0.15) is 25.7 Å². The average Bonchev–Trinajstić information content (AvgIpc) is 3.48. The number of amides is 1. The highest BCUT2D eigenvalue weighted by Gasteiger charge is 2.33. The molecule has 2 aliphatic rings. The Morgan fingerprint density at radius 3 is 1.97 bits per heavy atom. The lowest BCUT2D eigenvalue weighted by Gasteiger charge is -2.31. The van der Waals surface area contributed by atoms with Gasteiger partial charge in [0.1, 0.15) is 18.1 Å².